The fraction of sp³-hybridized carbons (Fsp3) is 0.643. The Morgan fingerprint density at radius 3 is 0.857 bits per heavy atom. The van der Waals surface area contributed by atoms with Gasteiger partial charge in [-0.15, -0.1) is 0 Å². The van der Waals surface area contributed by atoms with Gasteiger partial charge in [0, 0.05) is 66.1 Å². The van der Waals surface area contributed by atoms with Crippen LogP contribution in [0.2, 0.25) is 0 Å². The second kappa shape index (κ2) is 15.5. The molecule has 0 saturated heterocycles. The largest absolute Gasteiger partial charge is 1.00 e. The third-order valence-electron chi connectivity index (χ3n) is 3.26. The summed E-state index contributed by atoms with van der Waals surface area (Å²) in [6, 6.07) is 0. The first-order valence-electron chi connectivity index (χ1n) is 7.75. The van der Waals surface area contributed by atoms with Crippen molar-refractivity contribution in [1.29, 1.82) is 0 Å². The van der Waals surface area contributed by atoms with Crippen LogP contribution in [0.25, 0.3) is 0 Å². The van der Waals surface area contributed by atoms with E-state index in [1.165, 1.54) is 4.90 Å². The van der Waals surface area contributed by atoms with E-state index in [2.05, 4.69) is 0 Å². The first-order valence-corrected chi connectivity index (χ1v) is 7.75. The van der Waals surface area contributed by atoms with E-state index in [0.717, 1.165) is 9.80 Å². The molecular formula is C14H25GdN3O10+2. The van der Waals surface area contributed by atoms with Gasteiger partial charge >= 0.3 is 32.7 Å². The summed E-state index contributed by atoms with van der Waals surface area (Å²) in [5.74, 6) is -6.16. The van der Waals surface area contributed by atoms with Crippen LogP contribution in [0, 0.1) is 39.9 Å². The van der Waals surface area contributed by atoms with E-state index in [1.54, 1.807) is 0 Å². The molecule has 0 heterocycles. The molecule has 0 aliphatic heterocycles. The van der Waals surface area contributed by atoms with Crippen LogP contribution in [0.1, 0.15) is 2.85 Å². The summed E-state index contributed by atoms with van der Waals surface area (Å²) < 4.78 is 0. The molecule has 0 fully saturated rings. The average Bonchev–Trinajstić information content (AvgIpc) is 2.46. The van der Waals surface area contributed by atoms with E-state index in [9.17, 15) is 24.0 Å². The van der Waals surface area contributed by atoms with E-state index in [1.807, 2.05) is 0 Å². The number of carboxylic acids is 5. The van der Waals surface area contributed by atoms with Gasteiger partial charge < -0.3 is 25.5 Å². The molecule has 0 saturated carbocycles. The number of hydrogen-bond acceptors (Lipinski definition) is 8. The summed E-state index contributed by atoms with van der Waals surface area (Å²) in [6.07, 6.45) is 0. The van der Waals surface area contributed by atoms with Crippen LogP contribution in [0.3, 0.4) is 0 Å². The molecule has 28 heavy (non-hydrogen) atoms. The second-order valence-electron chi connectivity index (χ2n) is 5.67. The molecule has 0 aromatic carbocycles. The Balaban J connectivity index is -0.00000113. The predicted octanol–water partition coefficient (Wildman–Crippen LogP) is -2.46. The molecule has 0 amide bonds. The van der Waals surface area contributed by atoms with Crippen molar-refractivity contribution < 1.29 is 92.3 Å². The van der Waals surface area contributed by atoms with Gasteiger partial charge in [-0.1, -0.05) is 0 Å². The van der Waals surface area contributed by atoms with Gasteiger partial charge in [0.05, 0.1) is 32.7 Å². The smallest absolute Gasteiger partial charge is 0.480 e. The maximum absolute atomic E-state index is 11.0. The molecule has 0 aliphatic carbocycles. The van der Waals surface area contributed by atoms with Crippen molar-refractivity contribution in [2.24, 2.45) is 0 Å². The molecule has 162 valence electrons. The van der Waals surface area contributed by atoms with Crippen molar-refractivity contribution in [3.05, 3.63) is 0 Å². The molecule has 14 heteroatoms. The van der Waals surface area contributed by atoms with Gasteiger partial charge in [0.1, 0.15) is 0 Å². The Hall–Kier alpha value is -1.45. The van der Waals surface area contributed by atoms with Crippen LogP contribution in [-0.4, -0.2) is 129 Å². The Labute approximate surface area is 195 Å². The minimum Gasteiger partial charge on any atom is -0.480 e. The summed E-state index contributed by atoms with van der Waals surface area (Å²) in [7, 11) is 0. The molecule has 0 bridgehead atoms. The maximum Gasteiger partial charge on any atom is 1.00 e. The number of rotatable bonds is 16. The standard InChI is InChI=1S/C14H23N3O10.Gd/c18-10(19)5-15(1-3-16(6-11(20)21)7-12(22)23)2-4-17(8-13(24)25)9-14(26)27;/h1-9H2,(H,18,19)(H,20,21)(H,22,23)(H,24,25)(H,26,27);/p+2. The van der Waals surface area contributed by atoms with E-state index < -0.39 is 62.6 Å². The van der Waals surface area contributed by atoms with Crippen molar-refractivity contribution in [3.8, 4) is 0 Å². The number of nitrogens with zero attached hydrogens (tertiary/aromatic N) is 3. The summed E-state index contributed by atoms with van der Waals surface area (Å²) >= 11 is 0. The maximum atomic E-state index is 11.0. The van der Waals surface area contributed by atoms with Gasteiger partial charge in [-0.3, -0.25) is 38.7 Å². The van der Waals surface area contributed by atoms with Gasteiger partial charge in [-0.2, -0.15) is 0 Å². The zero-order valence-corrected chi connectivity index (χ0v) is 17.1. The van der Waals surface area contributed by atoms with Crippen molar-refractivity contribution in [3.63, 3.8) is 0 Å². The Bertz CT molecular complexity index is 498. The first-order chi connectivity index (χ1) is 12.5. The van der Waals surface area contributed by atoms with Gasteiger partial charge in [0.15, 0.2) is 0 Å². The molecule has 13 nitrogen and oxygen atoms in total. The molecule has 0 radical (unpaired) electrons. The Morgan fingerprint density at radius 1 is 0.464 bits per heavy atom. The third-order valence-corrected chi connectivity index (χ3v) is 3.26. The van der Waals surface area contributed by atoms with Crippen molar-refractivity contribution >= 4 is 29.8 Å². The van der Waals surface area contributed by atoms with Gasteiger partial charge in [-0.05, 0) is 0 Å². The quantitative estimate of drug-likeness (QED) is 0.135. The van der Waals surface area contributed by atoms with Crippen molar-refractivity contribution in [1.82, 2.24) is 14.7 Å². The zero-order valence-electron chi connectivity index (χ0n) is 16.8. The molecule has 0 aromatic rings. The van der Waals surface area contributed by atoms with Crippen LogP contribution in [0.4, 0.5) is 0 Å². The second-order valence-corrected chi connectivity index (χ2v) is 5.67. The van der Waals surface area contributed by atoms with Crippen molar-refractivity contribution in [2.75, 3.05) is 58.9 Å². The summed E-state index contributed by atoms with van der Waals surface area (Å²) in [5, 5.41) is 44.1. The monoisotopic (exact) mass is 553 g/mol. The van der Waals surface area contributed by atoms with E-state index in [4.69, 9.17) is 25.5 Å². The zero-order chi connectivity index (χ0) is 21.0. The molecular weight excluding hydrogens is 527 g/mol. The van der Waals surface area contributed by atoms with Crippen LogP contribution >= 0.6 is 0 Å². The molecule has 0 aliphatic rings. The van der Waals surface area contributed by atoms with Gasteiger partial charge in [0.2, 0.25) is 0 Å². The topological polar surface area (TPSA) is 196 Å². The Kier molecular flexibility index (Phi) is 15.9. The first kappa shape index (κ1) is 28.8. The molecule has 0 rings (SSSR count). The minimum atomic E-state index is -1.24. The number of carboxylic acid groups (broad SMARTS) is 5. The molecule has 0 atom stereocenters. The van der Waals surface area contributed by atoms with E-state index in [0.29, 0.717) is 0 Å². The summed E-state index contributed by atoms with van der Waals surface area (Å²) in [6.45, 7) is -2.74. The van der Waals surface area contributed by atoms with Crippen LogP contribution in [-0.2, 0) is 24.0 Å². The van der Waals surface area contributed by atoms with Crippen LogP contribution in [0.15, 0.2) is 0 Å². The minimum absolute atomic E-state index is 0. The van der Waals surface area contributed by atoms with Gasteiger partial charge in [-0.25, -0.2) is 0 Å². The molecule has 0 aromatic heterocycles. The van der Waals surface area contributed by atoms with Crippen molar-refractivity contribution in [2.45, 2.75) is 0 Å². The third kappa shape index (κ3) is 16.7. The van der Waals surface area contributed by atoms with E-state index in [-0.39, 0.29) is 69.0 Å². The normalized spacial score (nSPS) is 10.7. The Morgan fingerprint density at radius 2 is 0.643 bits per heavy atom. The van der Waals surface area contributed by atoms with E-state index >= 15 is 0 Å². The average molecular weight is 553 g/mol. The molecule has 5 N–H and O–H groups in total. The number of hydrogen-bond donors (Lipinski definition) is 5. The van der Waals surface area contributed by atoms with Crippen LogP contribution < -0.4 is 0 Å². The number of carbonyl (C=O) groups is 5. The summed E-state index contributed by atoms with van der Waals surface area (Å²) in [5.41, 5.74) is 0. The molecule has 0 spiro atoms. The SMILES string of the molecule is O=C(O)CN(CCN(CC(=O)O)CC(=O)O)CCN(CC(=O)O)CC(=O)O.[Gd].[H+].[H+]. The predicted molar refractivity (Wildman–Crippen MR) is 89.7 cm³/mol. The van der Waals surface area contributed by atoms with Crippen LogP contribution in [0.5, 0.6) is 0 Å². The molecule has 0 unspecified atom stereocenters. The summed E-state index contributed by atoms with van der Waals surface area (Å²) in [4.78, 5) is 57.6. The fourth-order valence-corrected chi connectivity index (χ4v) is 2.22. The fourth-order valence-electron chi connectivity index (χ4n) is 2.22. The number of aliphatic carboxylic acids is 5. The van der Waals surface area contributed by atoms with Gasteiger partial charge in [0.25, 0.3) is 0 Å².